The number of nitrogens with one attached hydrogen (secondary N) is 1. The van der Waals surface area contributed by atoms with Crippen LogP contribution in [0.4, 0.5) is 0 Å². The predicted octanol–water partition coefficient (Wildman–Crippen LogP) is 0.869. The van der Waals surface area contributed by atoms with Crippen LogP contribution in [0, 0.1) is 5.41 Å². The molecule has 3 atom stereocenters. The first-order chi connectivity index (χ1) is 7.63. The van der Waals surface area contributed by atoms with E-state index < -0.39 is 0 Å². The average Bonchev–Trinajstić information content (AvgIpc) is 2.65. The van der Waals surface area contributed by atoms with Crippen LogP contribution < -0.4 is 5.73 Å². The molecule has 0 aromatic rings. The van der Waals surface area contributed by atoms with E-state index in [0.717, 1.165) is 19.5 Å². The number of fused-ring (bicyclic) bond motifs is 1. The van der Waals surface area contributed by atoms with Crippen molar-refractivity contribution in [3.8, 4) is 0 Å². The molecule has 2 aliphatic heterocycles. The lowest BCUT2D eigenvalue weighted by atomic mass is 10.0. The van der Waals surface area contributed by atoms with Gasteiger partial charge < -0.3 is 5.73 Å². The Hall–Kier alpha value is -0.610. The smallest absolute Gasteiger partial charge is 0.108 e. The van der Waals surface area contributed by atoms with E-state index in [9.17, 15) is 0 Å². The van der Waals surface area contributed by atoms with Crippen molar-refractivity contribution in [2.24, 2.45) is 5.73 Å². The Morgan fingerprint density at radius 2 is 2.25 bits per heavy atom. The van der Waals surface area contributed by atoms with Crippen LogP contribution in [0.5, 0.6) is 0 Å². The lowest BCUT2D eigenvalue weighted by Crippen LogP contribution is -2.60. The number of hydrogen-bond donors (Lipinski definition) is 2. The van der Waals surface area contributed by atoms with E-state index in [1.807, 2.05) is 0 Å². The summed E-state index contributed by atoms with van der Waals surface area (Å²) in [6.07, 6.45) is 3.60. The number of piperazine rings is 1. The Bertz CT molecular complexity index is 266. The molecule has 0 spiro atoms. The Kier molecular flexibility index (Phi) is 3.50. The van der Waals surface area contributed by atoms with E-state index in [1.165, 1.54) is 19.4 Å². The maximum absolute atomic E-state index is 7.69. The highest BCUT2D eigenvalue weighted by atomic mass is 15.3. The zero-order chi connectivity index (χ0) is 11.7. The second kappa shape index (κ2) is 4.72. The second-order valence-corrected chi connectivity index (χ2v) is 5.22. The fraction of sp³-hybridized carbons (Fsp3) is 0.917. The SMILES string of the molecule is CCC(C(=N)N)N1CC2CCCN2CC1C. The molecule has 0 saturated carbocycles. The molecule has 2 aliphatic rings. The monoisotopic (exact) mass is 224 g/mol. The molecule has 3 unspecified atom stereocenters. The van der Waals surface area contributed by atoms with Crippen molar-refractivity contribution < 1.29 is 0 Å². The third kappa shape index (κ3) is 2.09. The van der Waals surface area contributed by atoms with Gasteiger partial charge in [0.25, 0.3) is 0 Å². The molecule has 2 heterocycles. The van der Waals surface area contributed by atoms with E-state index in [4.69, 9.17) is 11.1 Å². The highest BCUT2D eigenvalue weighted by Crippen LogP contribution is 2.26. The van der Waals surface area contributed by atoms with Gasteiger partial charge >= 0.3 is 0 Å². The topological polar surface area (TPSA) is 56.4 Å². The van der Waals surface area contributed by atoms with Gasteiger partial charge in [-0.15, -0.1) is 0 Å². The van der Waals surface area contributed by atoms with E-state index in [2.05, 4.69) is 23.6 Å². The first kappa shape index (κ1) is 11.9. The van der Waals surface area contributed by atoms with E-state index in [-0.39, 0.29) is 6.04 Å². The average molecular weight is 224 g/mol. The number of rotatable bonds is 3. The molecular weight excluding hydrogens is 200 g/mol. The van der Waals surface area contributed by atoms with Crippen molar-refractivity contribution >= 4 is 5.84 Å². The van der Waals surface area contributed by atoms with Crippen LogP contribution in [0.3, 0.4) is 0 Å². The van der Waals surface area contributed by atoms with Crippen LogP contribution in [-0.4, -0.2) is 53.4 Å². The molecule has 2 fully saturated rings. The maximum Gasteiger partial charge on any atom is 0.108 e. The molecule has 16 heavy (non-hydrogen) atoms. The van der Waals surface area contributed by atoms with E-state index >= 15 is 0 Å². The van der Waals surface area contributed by atoms with Gasteiger partial charge in [-0.3, -0.25) is 15.2 Å². The van der Waals surface area contributed by atoms with E-state index in [0.29, 0.717) is 17.9 Å². The third-order valence-corrected chi connectivity index (χ3v) is 4.13. The van der Waals surface area contributed by atoms with Gasteiger partial charge in [-0.05, 0) is 32.7 Å². The van der Waals surface area contributed by atoms with Crippen molar-refractivity contribution in [3.05, 3.63) is 0 Å². The number of hydrogen-bond acceptors (Lipinski definition) is 3. The number of nitrogens with zero attached hydrogens (tertiary/aromatic N) is 2. The Labute approximate surface area is 98.3 Å². The van der Waals surface area contributed by atoms with E-state index in [1.54, 1.807) is 0 Å². The first-order valence-corrected chi connectivity index (χ1v) is 6.47. The quantitative estimate of drug-likeness (QED) is 0.552. The highest BCUT2D eigenvalue weighted by Gasteiger charge is 2.37. The molecule has 0 aliphatic carbocycles. The van der Waals surface area contributed by atoms with Crippen LogP contribution in [0.25, 0.3) is 0 Å². The van der Waals surface area contributed by atoms with Crippen molar-refractivity contribution in [2.45, 2.75) is 51.2 Å². The predicted molar refractivity (Wildman–Crippen MR) is 66.8 cm³/mol. The number of nitrogens with two attached hydrogens (primary N) is 1. The third-order valence-electron chi connectivity index (χ3n) is 4.13. The summed E-state index contributed by atoms with van der Waals surface area (Å²) < 4.78 is 0. The summed E-state index contributed by atoms with van der Waals surface area (Å²) in [6, 6.07) is 1.39. The molecule has 92 valence electrons. The van der Waals surface area contributed by atoms with Crippen molar-refractivity contribution in [2.75, 3.05) is 19.6 Å². The molecule has 4 heteroatoms. The molecule has 0 amide bonds. The highest BCUT2D eigenvalue weighted by molar-refractivity contribution is 5.82. The summed E-state index contributed by atoms with van der Waals surface area (Å²) in [5.74, 6) is 0.334. The minimum absolute atomic E-state index is 0.151. The van der Waals surface area contributed by atoms with Crippen LogP contribution in [0.1, 0.15) is 33.1 Å². The lowest BCUT2D eigenvalue weighted by Gasteiger charge is -2.45. The van der Waals surface area contributed by atoms with Crippen LogP contribution in [-0.2, 0) is 0 Å². The van der Waals surface area contributed by atoms with Crippen molar-refractivity contribution in [1.29, 1.82) is 5.41 Å². The van der Waals surface area contributed by atoms with Crippen LogP contribution in [0.2, 0.25) is 0 Å². The first-order valence-electron chi connectivity index (χ1n) is 6.47. The largest absolute Gasteiger partial charge is 0.386 e. The van der Waals surface area contributed by atoms with Gasteiger partial charge in [-0.25, -0.2) is 0 Å². The second-order valence-electron chi connectivity index (χ2n) is 5.22. The zero-order valence-electron chi connectivity index (χ0n) is 10.4. The van der Waals surface area contributed by atoms with Gasteiger partial charge in [-0.1, -0.05) is 6.92 Å². The van der Waals surface area contributed by atoms with Gasteiger partial charge in [0.2, 0.25) is 0 Å². The molecule has 2 saturated heterocycles. The minimum atomic E-state index is 0.151. The van der Waals surface area contributed by atoms with Gasteiger partial charge in [0.1, 0.15) is 5.84 Å². The molecule has 3 N–H and O–H groups in total. The van der Waals surface area contributed by atoms with Crippen molar-refractivity contribution in [1.82, 2.24) is 9.80 Å². The van der Waals surface area contributed by atoms with Crippen LogP contribution >= 0.6 is 0 Å². The molecule has 0 radical (unpaired) electrons. The molecule has 4 nitrogen and oxygen atoms in total. The van der Waals surface area contributed by atoms with Gasteiger partial charge in [0, 0.05) is 25.2 Å². The molecule has 0 aromatic carbocycles. The molecule has 0 bridgehead atoms. The minimum Gasteiger partial charge on any atom is -0.386 e. The fourth-order valence-corrected chi connectivity index (χ4v) is 3.28. The van der Waals surface area contributed by atoms with Gasteiger partial charge in [0.05, 0.1) is 6.04 Å². The molecular formula is C12H24N4. The lowest BCUT2D eigenvalue weighted by molar-refractivity contribution is 0.0446. The number of amidine groups is 1. The molecule has 0 aromatic heterocycles. The summed E-state index contributed by atoms with van der Waals surface area (Å²) in [7, 11) is 0. The normalized spacial score (nSPS) is 33.6. The van der Waals surface area contributed by atoms with Crippen molar-refractivity contribution in [3.63, 3.8) is 0 Å². The Balaban J connectivity index is 2.06. The summed E-state index contributed by atoms with van der Waals surface area (Å²) in [5, 5.41) is 7.69. The summed E-state index contributed by atoms with van der Waals surface area (Å²) in [5.41, 5.74) is 5.71. The zero-order valence-corrected chi connectivity index (χ0v) is 10.4. The molecule has 2 rings (SSSR count). The standard InChI is InChI=1S/C12H24N4/c1-3-11(12(13)14)16-8-10-5-4-6-15(10)7-9(16)2/h9-11H,3-8H2,1-2H3,(H3,13,14). The summed E-state index contributed by atoms with van der Waals surface area (Å²) in [6.45, 7) is 7.90. The Morgan fingerprint density at radius 1 is 1.50 bits per heavy atom. The summed E-state index contributed by atoms with van der Waals surface area (Å²) >= 11 is 0. The fourth-order valence-electron chi connectivity index (χ4n) is 3.28. The summed E-state index contributed by atoms with van der Waals surface area (Å²) in [4.78, 5) is 5.04. The van der Waals surface area contributed by atoms with Gasteiger partial charge in [0.15, 0.2) is 0 Å². The maximum atomic E-state index is 7.69. The van der Waals surface area contributed by atoms with Gasteiger partial charge in [-0.2, -0.15) is 0 Å². The van der Waals surface area contributed by atoms with Crippen LogP contribution in [0.15, 0.2) is 0 Å². The Morgan fingerprint density at radius 3 is 2.88 bits per heavy atom.